The summed E-state index contributed by atoms with van der Waals surface area (Å²) in [4.78, 5) is 40.7. The predicted octanol–water partition coefficient (Wildman–Crippen LogP) is 6.00. The first kappa shape index (κ1) is 31.9. The maximum Gasteiger partial charge on any atom is 0.420 e. The van der Waals surface area contributed by atoms with E-state index in [1.807, 2.05) is 0 Å². The first-order valence-electron chi connectivity index (χ1n) is 13.9. The SMILES string of the molecule is C=CC(=O)Nc1cc2c(N(C(=O)OC(C)(C)C)c3ccc(F)c(Cl)c3)ncnc2cc1C#CC(C)(C)N1CCN(C)CC1. The number of rotatable bonds is 5. The lowest BCUT2D eigenvalue weighted by molar-refractivity contribution is -0.111. The van der Waals surface area contributed by atoms with Gasteiger partial charge < -0.3 is 15.0 Å². The molecule has 9 nitrogen and oxygen atoms in total. The highest BCUT2D eigenvalue weighted by atomic mass is 35.5. The highest BCUT2D eigenvalue weighted by Gasteiger charge is 2.29. The lowest BCUT2D eigenvalue weighted by Crippen LogP contribution is -2.53. The van der Waals surface area contributed by atoms with Crippen LogP contribution in [0.4, 0.5) is 26.4 Å². The second-order valence-corrected chi connectivity index (χ2v) is 12.2. The van der Waals surface area contributed by atoms with E-state index in [2.05, 4.69) is 64.4 Å². The zero-order chi connectivity index (χ0) is 31.5. The van der Waals surface area contributed by atoms with Crippen molar-refractivity contribution < 1.29 is 18.7 Å². The van der Waals surface area contributed by atoms with Gasteiger partial charge in [-0.3, -0.25) is 9.69 Å². The van der Waals surface area contributed by atoms with E-state index in [-0.39, 0.29) is 16.5 Å². The van der Waals surface area contributed by atoms with E-state index in [0.717, 1.165) is 38.3 Å². The van der Waals surface area contributed by atoms with Crippen molar-refractivity contribution in [2.24, 2.45) is 0 Å². The minimum Gasteiger partial charge on any atom is -0.443 e. The summed E-state index contributed by atoms with van der Waals surface area (Å²) in [7, 11) is 2.10. The second kappa shape index (κ2) is 12.7. The largest absolute Gasteiger partial charge is 0.443 e. The number of nitrogens with zero attached hydrogens (tertiary/aromatic N) is 5. The van der Waals surface area contributed by atoms with E-state index in [1.165, 1.54) is 23.4 Å². The number of hydrogen-bond donors (Lipinski definition) is 1. The first-order chi connectivity index (χ1) is 20.2. The number of fused-ring (bicyclic) bond motifs is 1. The van der Waals surface area contributed by atoms with Gasteiger partial charge in [0, 0.05) is 31.6 Å². The van der Waals surface area contributed by atoms with E-state index < -0.39 is 29.0 Å². The molecule has 1 N–H and O–H groups in total. The summed E-state index contributed by atoms with van der Waals surface area (Å²) in [5.41, 5.74) is 0.340. The van der Waals surface area contributed by atoms with Crippen LogP contribution in [0.2, 0.25) is 5.02 Å². The highest BCUT2D eigenvalue weighted by molar-refractivity contribution is 6.31. The van der Waals surface area contributed by atoms with Gasteiger partial charge in [0.2, 0.25) is 5.91 Å². The molecule has 1 saturated heterocycles. The Morgan fingerprint density at radius 2 is 1.81 bits per heavy atom. The van der Waals surface area contributed by atoms with Gasteiger partial charge in [-0.05, 0) is 78.1 Å². The van der Waals surface area contributed by atoms with Gasteiger partial charge in [0.15, 0.2) is 5.82 Å². The number of benzene rings is 2. The molecule has 1 aliphatic rings. The fourth-order valence-electron chi connectivity index (χ4n) is 4.57. The van der Waals surface area contributed by atoms with Gasteiger partial charge in [-0.1, -0.05) is 30.0 Å². The third-order valence-corrected chi connectivity index (χ3v) is 7.23. The number of anilines is 3. The van der Waals surface area contributed by atoms with Crippen molar-refractivity contribution in [2.75, 3.05) is 43.4 Å². The van der Waals surface area contributed by atoms with Crippen molar-refractivity contribution in [2.45, 2.75) is 45.8 Å². The van der Waals surface area contributed by atoms with E-state index in [9.17, 15) is 14.0 Å². The number of ether oxygens (including phenoxy) is 1. The summed E-state index contributed by atoms with van der Waals surface area (Å²) in [6.07, 6.45) is 1.71. The summed E-state index contributed by atoms with van der Waals surface area (Å²) >= 11 is 6.09. The van der Waals surface area contributed by atoms with Crippen LogP contribution in [0.3, 0.4) is 0 Å². The molecule has 1 fully saturated rings. The standard InChI is InChI=1S/C32H36ClFN6O3/c1-8-28(41)37-26-19-23-27(17-21(26)11-12-32(5,6)39-15-13-38(7)14-16-39)35-20-36-29(23)40(30(42)43-31(2,3)4)22-9-10-25(34)24(33)18-22/h8-10,17-20H,1,13-16H2,2-7H3,(H,37,41). The van der Waals surface area contributed by atoms with Crippen LogP contribution >= 0.6 is 11.6 Å². The normalized spacial score (nSPS) is 14.5. The summed E-state index contributed by atoms with van der Waals surface area (Å²) in [6.45, 7) is 16.6. The van der Waals surface area contributed by atoms with Crippen LogP contribution in [0.5, 0.6) is 0 Å². The average molecular weight is 607 g/mol. The molecule has 1 aromatic heterocycles. The van der Waals surface area contributed by atoms with E-state index in [4.69, 9.17) is 16.3 Å². The smallest absolute Gasteiger partial charge is 0.420 e. The van der Waals surface area contributed by atoms with Crippen molar-refractivity contribution in [1.29, 1.82) is 0 Å². The predicted molar refractivity (Wildman–Crippen MR) is 168 cm³/mol. The molecule has 0 atom stereocenters. The molecular formula is C32H36ClFN6O3. The molecule has 2 heterocycles. The van der Waals surface area contributed by atoms with Crippen LogP contribution in [0.15, 0.2) is 49.3 Å². The Morgan fingerprint density at radius 3 is 2.44 bits per heavy atom. The van der Waals surface area contributed by atoms with E-state index in [1.54, 1.807) is 32.9 Å². The molecule has 43 heavy (non-hydrogen) atoms. The minimum absolute atomic E-state index is 0.147. The zero-order valence-corrected chi connectivity index (χ0v) is 26.0. The number of nitrogens with one attached hydrogen (secondary N) is 1. The maximum absolute atomic E-state index is 14.1. The maximum atomic E-state index is 14.1. The summed E-state index contributed by atoms with van der Waals surface area (Å²) in [5.74, 6) is 5.70. The van der Waals surface area contributed by atoms with Crippen molar-refractivity contribution in [3.8, 4) is 11.8 Å². The minimum atomic E-state index is -0.843. The van der Waals surface area contributed by atoms with Gasteiger partial charge in [0.1, 0.15) is 17.7 Å². The fourth-order valence-corrected chi connectivity index (χ4v) is 4.74. The first-order valence-corrected chi connectivity index (χ1v) is 14.2. The Bertz CT molecular complexity index is 1620. The molecular weight excluding hydrogens is 571 g/mol. The molecule has 1 aliphatic heterocycles. The second-order valence-electron chi connectivity index (χ2n) is 11.8. The lowest BCUT2D eigenvalue weighted by atomic mass is 10.0. The number of amides is 2. The molecule has 2 aromatic carbocycles. The zero-order valence-electron chi connectivity index (χ0n) is 25.3. The molecule has 0 saturated carbocycles. The van der Waals surface area contributed by atoms with Crippen LogP contribution in [-0.2, 0) is 9.53 Å². The van der Waals surface area contributed by atoms with Gasteiger partial charge in [-0.2, -0.15) is 0 Å². The topological polar surface area (TPSA) is 90.9 Å². The monoisotopic (exact) mass is 606 g/mol. The quantitative estimate of drug-likeness (QED) is 0.281. The Labute approximate surface area is 256 Å². The molecule has 0 aliphatic carbocycles. The molecule has 11 heteroatoms. The molecule has 3 aromatic rings. The van der Waals surface area contributed by atoms with E-state index >= 15 is 0 Å². The number of piperazine rings is 1. The number of carbonyl (C=O) groups is 2. The van der Waals surface area contributed by atoms with Crippen LogP contribution in [0.1, 0.15) is 40.2 Å². The molecule has 0 spiro atoms. The average Bonchev–Trinajstić information content (AvgIpc) is 2.93. The number of hydrogen-bond acceptors (Lipinski definition) is 7. The van der Waals surface area contributed by atoms with Crippen molar-refractivity contribution >= 4 is 51.7 Å². The van der Waals surface area contributed by atoms with Crippen molar-refractivity contribution in [3.63, 3.8) is 0 Å². The number of carbonyl (C=O) groups excluding carboxylic acids is 2. The number of halogens is 2. The molecule has 0 bridgehead atoms. The molecule has 0 unspecified atom stereocenters. The molecule has 0 radical (unpaired) electrons. The van der Waals surface area contributed by atoms with Gasteiger partial charge in [0.05, 0.1) is 33.0 Å². The van der Waals surface area contributed by atoms with E-state index in [0.29, 0.717) is 22.2 Å². The fraction of sp³-hybridized carbons (Fsp3) is 0.375. The van der Waals surface area contributed by atoms with Gasteiger partial charge in [-0.15, -0.1) is 0 Å². The van der Waals surface area contributed by atoms with Crippen LogP contribution in [0.25, 0.3) is 10.9 Å². The summed E-state index contributed by atoms with van der Waals surface area (Å²) in [5, 5.41) is 3.06. The highest BCUT2D eigenvalue weighted by Crippen LogP contribution is 2.35. The Balaban J connectivity index is 1.87. The van der Waals surface area contributed by atoms with Crippen molar-refractivity contribution in [1.82, 2.24) is 19.8 Å². The lowest BCUT2D eigenvalue weighted by Gasteiger charge is -2.40. The third kappa shape index (κ3) is 7.68. The van der Waals surface area contributed by atoms with Crippen LogP contribution in [-0.4, -0.2) is 76.1 Å². The summed E-state index contributed by atoms with van der Waals surface area (Å²) in [6, 6.07) is 7.26. The Hall–Kier alpha value is -4.04. The molecule has 2 amide bonds. The van der Waals surface area contributed by atoms with Crippen LogP contribution in [0, 0.1) is 17.7 Å². The molecule has 226 valence electrons. The Morgan fingerprint density at radius 1 is 1.12 bits per heavy atom. The third-order valence-electron chi connectivity index (χ3n) is 6.94. The number of aromatic nitrogens is 2. The van der Waals surface area contributed by atoms with Gasteiger partial charge in [-0.25, -0.2) is 24.1 Å². The van der Waals surface area contributed by atoms with Gasteiger partial charge in [0.25, 0.3) is 0 Å². The molecule has 4 rings (SSSR count). The van der Waals surface area contributed by atoms with Crippen molar-refractivity contribution in [3.05, 3.63) is 65.7 Å². The number of likely N-dealkylation sites (N-methyl/N-ethyl adjacent to an activating group) is 1. The van der Waals surface area contributed by atoms with Gasteiger partial charge >= 0.3 is 6.09 Å². The van der Waals surface area contributed by atoms with Crippen LogP contribution < -0.4 is 10.2 Å². The summed E-state index contributed by atoms with van der Waals surface area (Å²) < 4.78 is 19.8. The Kier molecular flexibility index (Phi) is 9.40.